The molecule has 0 spiro atoms. The van der Waals surface area contributed by atoms with Crippen LogP contribution in [0.2, 0.25) is 0 Å². The molecule has 0 aliphatic heterocycles. The normalized spacial score (nSPS) is 25.1. The second-order valence-corrected chi connectivity index (χ2v) is 5.57. The Morgan fingerprint density at radius 1 is 1.29 bits per heavy atom. The van der Waals surface area contributed by atoms with Crippen LogP contribution in [-0.2, 0) is 9.53 Å². The number of amides is 1. The molecule has 21 heavy (non-hydrogen) atoms. The van der Waals surface area contributed by atoms with Crippen molar-refractivity contribution in [2.75, 3.05) is 13.7 Å². The molecule has 2 N–H and O–H groups in total. The Morgan fingerprint density at radius 3 is 2.48 bits per heavy atom. The highest BCUT2D eigenvalue weighted by Crippen LogP contribution is 2.32. The van der Waals surface area contributed by atoms with Crippen LogP contribution >= 0.6 is 0 Å². The van der Waals surface area contributed by atoms with E-state index in [-0.39, 0.29) is 24.3 Å². The molecule has 1 aromatic carbocycles. The first-order chi connectivity index (χ1) is 10.0. The molecule has 1 fully saturated rings. The monoisotopic (exact) mass is 291 g/mol. The number of aliphatic hydroxyl groups is 1. The van der Waals surface area contributed by atoms with Gasteiger partial charge in [0.1, 0.15) is 0 Å². The minimum atomic E-state index is -0.936. The van der Waals surface area contributed by atoms with Crippen LogP contribution in [0.4, 0.5) is 0 Å². The predicted molar refractivity (Wildman–Crippen MR) is 77.7 cm³/mol. The summed E-state index contributed by atoms with van der Waals surface area (Å²) in [6.07, 6.45) is 2.15. The van der Waals surface area contributed by atoms with E-state index in [4.69, 9.17) is 4.74 Å². The van der Waals surface area contributed by atoms with E-state index in [1.165, 1.54) is 7.11 Å². The van der Waals surface area contributed by atoms with E-state index in [1.807, 2.05) is 6.07 Å². The number of hydrogen-bond acceptors (Lipinski definition) is 4. The van der Waals surface area contributed by atoms with Gasteiger partial charge in [0.25, 0.3) is 5.91 Å². The second-order valence-electron chi connectivity index (χ2n) is 5.57. The summed E-state index contributed by atoms with van der Waals surface area (Å²) in [5.74, 6) is -0.551. The van der Waals surface area contributed by atoms with Gasteiger partial charge in [0, 0.05) is 12.1 Å². The van der Waals surface area contributed by atoms with E-state index in [2.05, 4.69) is 5.32 Å². The van der Waals surface area contributed by atoms with Crippen molar-refractivity contribution in [3.8, 4) is 0 Å². The quantitative estimate of drug-likeness (QED) is 0.825. The third kappa shape index (κ3) is 4.04. The molecule has 0 saturated heterocycles. The Kier molecular flexibility index (Phi) is 4.96. The van der Waals surface area contributed by atoms with Gasteiger partial charge < -0.3 is 15.2 Å². The van der Waals surface area contributed by atoms with Crippen LogP contribution in [0.1, 0.15) is 36.0 Å². The third-order valence-corrected chi connectivity index (χ3v) is 4.06. The zero-order valence-electron chi connectivity index (χ0n) is 12.2. The van der Waals surface area contributed by atoms with Crippen molar-refractivity contribution in [3.05, 3.63) is 35.9 Å². The number of methoxy groups -OCH3 is 1. The Balaban J connectivity index is 1.84. The summed E-state index contributed by atoms with van der Waals surface area (Å²) >= 11 is 0. The van der Waals surface area contributed by atoms with E-state index in [0.717, 1.165) is 0 Å². The summed E-state index contributed by atoms with van der Waals surface area (Å²) in [5, 5.41) is 13.2. The van der Waals surface area contributed by atoms with E-state index >= 15 is 0 Å². The van der Waals surface area contributed by atoms with Crippen molar-refractivity contribution in [3.63, 3.8) is 0 Å². The van der Waals surface area contributed by atoms with Gasteiger partial charge in [0.15, 0.2) is 0 Å². The zero-order chi connectivity index (χ0) is 15.3. The highest BCUT2D eigenvalue weighted by Gasteiger charge is 2.36. The molecule has 0 unspecified atom stereocenters. The highest BCUT2D eigenvalue weighted by atomic mass is 16.5. The lowest BCUT2D eigenvalue weighted by Gasteiger charge is -2.35. The number of nitrogens with one attached hydrogen (secondary N) is 1. The molecule has 0 radical (unpaired) electrons. The van der Waals surface area contributed by atoms with Crippen molar-refractivity contribution in [2.45, 2.75) is 31.3 Å². The van der Waals surface area contributed by atoms with Gasteiger partial charge in [-0.2, -0.15) is 0 Å². The molecular formula is C16H21NO4. The maximum atomic E-state index is 12.0. The molecule has 0 bridgehead atoms. The fourth-order valence-corrected chi connectivity index (χ4v) is 2.67. The number of hydrogen-bond donors (Lipinski definition) is 2. The summed E-state index contributed by atoms with van der Waals surface area (Å²) in [4.78, 5) is 23.4. The van der Waals surface area contributed by atoms with Gasteiger partial charge >= 0.3 is 5.97 Å². The number of ether oxygens (including phenoxy) is 1. The Labute approximate surface area is 124 Å². The smallest absolute Gasteiger partial charge is 0.308 e. The van der Waals surface area contributed by atoms with Crippen molar-refractivity contribution < 1.29 is 19.4 Å². The standard InChI is InChI=1S/C16H21NO4/c1-21-15(19)13-7-9-16(20,10-8-13)11-17-14(18)12-5-3-2-4-6-12/h2-6,13,20H,7-11H2,1H3,(H,17,18). The Morgan fingerprint density at radius 2 is 1.90 bits per heavy atom. The molecule has 5 heteroatoms. The minimum absolute atomic E-state index is 0.139. The second kappa shape index (κ2) is 6.72. The van der Waals surface area contributed by atoms with E-state index in [0.29, 0.717) is 31.2 Å². The van der Waals surface area contributed by atoms with Crippen LogP contribution in [0.3, 0.4) is 0 Å². The summed E-state index contributed by atoms with van der Waals surface area (Å²) in [6.45, 7) is 0.203. The topological polar surface area (TPSA) is 75.6 Å². The van der Waals surface area contributed by atoms with E-state index < -0.39 is 5.60 Å². The number of rotatable bonds is 4. The fraction of sp³-hybridized carbons (Fsp3) is 0.500. The number of carbonyl (C=O) groups is 2. The van der Waals surface area contributed by atoms with Crippen molar-refractivity contribution in [1.82, 2.24) is 5.32 Å². The van der Waals surface area contributed by atoms with Crippen LogP contribution < -0.4 is 5.32 Å². The highest BCUT2D eigenvalue weighted by molar-refractivity contribution is 5.94. The first-order valence-electron chi connectivity index (χ1n) is 7.17. The molecule has 2 rings (SSSR count). The third-order valence-electron chi connectivity index (χ3n) is 4.06. The van der Waals surface area contributed by atoms with Gasteiger partial charge in [-0.05, 0) is 37.8 Å². The number of benzene rings is 1. The molecule has 5 nitrogen and oxygen atoms in total. The van der Waals surface area contributed by atoms with Crippen LogP contribution in [0.15, 0.2) is 30.3 Å². The number of carbonyl (C=O) groups excluding carboxylic acids is 2. The molecule has 114 valence electrons. The van der Waals surface area contributed by atoms with E-state index in [9.17, 15) is 14.7 Å². The molecular weight excluding hydrogens is 270 g/mol. The molecule has 1 aliphatic carbocycles. The van der Waals surface area contributed by atoms with Crippen LogP contribution in [0.5, 0.6) is 0 Å². The summed E-state index contributed by atoms with van der Waals surface area (Å²) in [7, 11) is 1.38. The fourth-order valence-electron chi connectivity index (χ4n) is 2.67. The van der Waals surface area contributed by atoms with Crippen LogP contribution in [-0.4, -0.2) is 36.2 Å². The average molecular weight is 291 g/mol. The molecule has 1 aliphatic rings. The summed E-state index contributed by atoms with van der Waals surface area (Å²) in [5.41, 5.74) is -0.362. The lowest BCUT2D eigenvalue weighted by Crippen LogP contribution is -2.46. The number of esters is 1. The molecule has 1 aromatic rings. The molecule has 0 heterocycles. The Bertz CT molecular complexity index is 492. The van der Waals surface area contributed by atoms with Gasteiger partial charge in [-0.15, -0.1) is 0 Å². The molecule has 0 aromatic heterocycles. The summed E-state index contributed by atoms with van der Waals surface area (Å²) < 4.78 is 4.72. The van der Waals surface area contributed by atoms with Gasteiger partial charge in [-0.3, -0.25) is 9.59 Å². The maximum Gasteiger partial charge on any atom is 0.308 e. The van der Waals surface area contributed by atoms with Gasteiger partial charge in [0.05, 0.1) is 18.6 Å². The minimum Gasteiger partial charge on any atom is -0.469 e. The molecule has 1 saturated carbocycles. The SMILES string of the molecule is COC(=O)C1CCC(O)(CNC(=O)c2ccccc2)CC1. The van der Waals surface area contributed by atoms with Crippen molar-refractivity contribution >= 4 is 11.9 Å². The van der Waals surface area contributed by atoms with Gasteiger partial charge in [-0.1, -0.05) is 18.2 Å². The van der Waals surface area contributed by atoms with Crippen molar-refractivity contribution in [2.24, 2.45) is 5.92 Å². The first-order valence-corrected chi connectivity index (χ1v) is 7.17. The molecule has 0 atom stereocenters. The lowest BCUT2D eigenvalue weighted by molar-refractivity contribution is -0.148. The van der Waals surface area contributed by atoms with Crippen molar-refractivity contribution in [1.29, 1.82) is 0 Å². The molecule has 1 amide bonds. The predicted octanol–water partition coefficient (Wildman–Crippen LogP) is 1.51. The van der Waals surface area contributed by atoms with E-state index in [1.54, 1.807) is 24.3 Å². The first kappa shape index (κ1) is 15.5. The maximum absolute atomic E-state index is 12.0. The van der Waals surface area contributed by atoms with Gasteiger partial charge in [-0.25, -0.2) is 0 Å². The van der Waals surface area contributed by atoms with Crippen LogP contribution in [0.25, 0.3) is 0 Å². The Hall–Kier alpha value is -1.88. The average Bonchev–Trinajstić information content (AvgIpc) is 2.53. The van der Waals surface area contributed by atoms with Crippen LogP contribution in [0, 0.1) is 5.92 Å². The summed E-state index contributed by atoms with van der Waals surface area (Å²) in [6, 6.07) is 8.90. The largest absolute Gasteiger partial charge is 0.469 e. The lowest BCUT2D eigenvalue weighted by atomic mass is 9.78. The zero-order valence-corrected chi connectivity index (χ0v) is 12.2. The van der Waals surface area contributed by atoms with Gasteiger partial charge in [0.2, 0.25) is 0 Å².